The zero-order valence-corrected chi connectivity index (χ0v) is 15.0. The van der Waals surface area contributed by atoms with Gasteiger partial charge >= 0.3 is 6.18 Å². The molecule has 9 heteroatoms. The summed E-state index contributed by atoms with van der Waals surface area (Å²) in [6.45, 7) is 2.23. The maximum Gasteiger partial charge on any atom is 0.418 e. The first-order valence-corrected chi connectivity index (χ1v) is 8.72. The number of fused-ring (bicyclic) bond motifs is 1. The van der Waals surface area contributed by atoms with Crippen LogP contribution in [0.4, 0.5) is 18.9 Å². The molecule has 28 heavy (non-hydrogen) atoms. The quantitative estimate of drug-likeness (QED) is 0.715. The van der Waals surface area contributed by atoms with Gasteiger partial charge in [-0.1, -0.05) is 18.2 Å². The molecule has 6 nitrogen and oxygen atoms in total. The van der Waals surface area contributed by atoms with E-state index in [1.165, 1.54) is 18.2 Å². The summed E-state index contributed by atoms with van der Waals surface area (Å²) in [7, 11) is 1.66. The zero-order valence-electron chi connectivity index (χ0n) is 15.0. The van der Waals surface area contributed by atoms with E-state index in [1.807, 2.05) is 6.07 Å². The van der Waals surface area contributed by atoms with E-state index in [9.17, 15) is 18.3 Å². The number of aromatic nitrogens is 2. The third-order valence-corrected chi connectivity index (χ3v) is 4.89. The van der Waals surface area contributed by atoms with Crippen LogP contribution in [0.5, 0.6) is 0 Å². The van der Waals surface area contributed by atoms with Gasteiger partial charge in [-0.15, -0.1) is 0 Å². The second-order valence-electron chi connectivity index (χ2n) is 6.92. The van der Waals surface area contributed by atoms with Gasteiger partial charge in [-0.2, -0.15) is 13.2 Å². The smallest absolute Gasteiger partial charge is 0.384 e. The standard InChI is InChI=1S/C19H18F3N3O3/c1-27-10-11-8-25(9-11)16-7-14(6-15-17(16)24-28-23-15)12-3-2-4-13(5-12)18(26)19(20,21)22/h2-7,11,18,26H,8-10H2,1H3. The highest BCUT2D eigenvalue weighted by molar-refractivity contribution is 5.93. The molecule has 0 spiro atoms. The Balaban J connectivity index is 1.70. The number of nitrogens with zero attached hydrogens (tertiary/aromatic N) is 3. The van der Waals surface area contributed by atoms with E-state index < -0.39 is 12.3 Å². The van der Waals surface area contributed by atoms with Gasteiger partial charge in [-0.3, -0.25) is 0 Å². The summed E-state index contributed by atoms with van der Waals surface area (Å²) < 4.78 is 48.6. The van der Waals surface area contributed by atoms with Crippen molar-refractivity contribution in [2.75, 3.05) is 31.7 Å². The minimum absolute atomic E-state index is 0.214. The molecular weight excluding hydrogens is 375 g/mol. The van der Waals surface area contributed by atoms with Crippen molar-refractivity contribution in [2.45, 2.75) is 12.3 Å². The van der Waals surface area contributed by atoms with E-state index >= 15 is 0 Å². The molecule has 0 radical (unpaired) electrons. The van der Waals surface area contributed by atoms with Crippen LogP contribution < -0.4 is 4.90 Å². The molecule has 1 fully saturated rings. The van der Waals surface area contributed by atoms with Crippen molar-refractivity contribution in [3.8, 4) is 11.1 Å². The Hall–Kier alpha value is -2.65. The van der Waals surface area contributed by atoms with E-state index in [-0.39, 0.29) is 5.56 Å². The van der Waals surface area contributed by atoms with E-state index in [0.717, 1.165) is 18.8 Å². The zero-order chi connectivity index (χ0) is 19.9. The Morgan fingerprint density at radius 1 is 1.21 bits per heavy atom. The van der Waals surface area contributed by atoms with Crippen molar-refractivity contribution in [1.29, 1.82) is 0 Å². The average molecular weight is 393 g/mol. The largest absolute Gasteiger partial charge is 0.418 e. The summed E-state index contributed by atoms with van der Waals surface area (Å²) in [5.74, 6) is 0.411. The van der Waals surface area contributed by atoms with Crippen LogP contribution in [0.1, 0.15) is 11.7 Å². The van der Waals surface area contributed by atoms with E-state index in [0.29, 0.717) is 34.7 Å². The number of benzene rings is 2. The first-order chi connectivity index (χ1) is 13.4. The molecule has 4 rings (SSSR count). The van der Waals surface area contributed by atoms with Gasteiger partial charge in [0.05, 0.1) is 12.3 Å². The molecule has 1 aliphatic rings. The van der Waals surface area contributed by atoms with Crippen LogP contribution >= 0.6 is 0 Å². The number of aliphatic hydroxyl groups excluding tert-OH is 1. The predicted octanol–water partition coefficient (Wildman–Crippen LogP) is 3.57. The second kappa shape index (κ2) is 7.06. The number of halogens is 3. The maximum atomic E-state index is 12.9. The van der Waals surface area contributed by atoms with Gasteiger partial charge in [0.15, 0.2) is 11.6 Å². The molecule has 2 heterocycles. The Morgan fingerprint density at radius 3 is 2.71 bits per heavy atom. The summed E-state index contributed by atoms with van der Waals surface area (Å²) in [6, 6.07) is 9.33. The SMILES string of the molecule is COCC1CN(c2cc(-c3cccc(C(O)C(F)(F)F)c3)cc3nonc23)C1. The Labute approximate surface area is 158 Å². The highest BCUT2D eigenvalue weighted by Gasteiger charge is 2.39. The molecule has 3 aromatic rings. The van der Waals surface area contributed by atoms with Crippen LogP contribution in [-0.2, 0) is 4.74 Å². The monoisotopic (exact) mass is 393 g/mol. The minimum Gasteiger partial charge on any atom is -0.384 e. The van der Waals surface area contributed by atoms with Crippen molar-refractivity contribution in [1.82, 2.24) is 10.3 Å². The fraction of sp³-hybridized carbons (Fsp3) is 0.368. The molecule has 1 aromatic heterocycles. The number of alkyl halides is 3. The fourth-order valence-electron chi connectivity index (χ4n) is 3.47. The highest BCUT2D eigenvalue weighted by atomic mass is 19.4. The lowest BCUT2D eigenvalue weighted by molar-refractivity contribution is -0.206. The van der Waals surface area contributed by atoms with E-state index in [2.05, 4.69) is 15.2 Å². The molecular formula is C19H18F3N3O3. The van der Waals surface area contributed by atoms with Crippen LogP contribution in [0, 0.1) is 5.92 Å². The lowest BCUT2D eigenvalue weighted by Crippen LogP contribution is -2.48. The van der Waals surface area contributed by atoms with Crippen molar-refractivity contribution in [2.24, 2.45) is 5.92 Å². The van der Waals surface area contributed by atoms with Gasteiger partial charge in [0.25, 0.3) is 0 Å². The first-order valence-electron chi connectivity index (χ1n) is 8.72. The van der Waals surface area contributed by atoms with Gasteiger partial charge < -0.3 is 14.7 Å². The minimum atomic E-state index is -4.72. The van der Waals surface area contributed by atoms with Crippen LogP contribution in [0.3, 0.4) is 0 Å². The molecule has 1 atom stereocenters. The molecule has 1 aliphatic heterocycles. The number of aliphatic hydroxyl groups is 1. The molecule has 1 N–H and O–H groups in total. The summed E-state index contributed by atoms with van der Waals surface area (Å²) in [4.78, 5) is 2.11. The molecule has 0 bridgehead atoms. The van der Waals surface area contributed by atoms with E-state index in [4.69, 9.17) is 9.37 Å². The van der Waals surface area contributed by atoms with Crippen LogP contribution in [0.15, 0.2) is 41.0 Å². The maximum absolute atomic E-state index is 12.9. The summed E-state index contributed by atoms with van der Waals surface area (Å²) in [5, 5.41) is 17.4. The summed E-state index contributed by atoms with van der Waals surface area (Å²) in [6.07, 6.45) is -7.26. The van der Waals surface area contributed by atoms with Gasteiger partial charge in [0.1, 0.15) is 5.52 Å². The number of rotatable bonds is 5. The van der Waals surface area contributed by atoms with Crippen LogP contribution in [0.25, 0.3) is 22.2 Å². The van der Waals surface area contributed by atoms with Gasteiger partial charge in [-0.05, 0) is 45.2 Å². The van der Waals surface area contributed by atoms with Crippen LogP contribution in [0.2, 0.25) is 0 Å². The van der Waals surface area contributed by atoms with Gasteiger partial charge in [0, 0.05) is 26.1 Å². The lowest BCUT2D eigenvalue weighted by Gasteiger charge is -2.40. The molecule has 0 saturated carbocycles. The number of hydrogen-bond acceptors (Lipinski definition) is 6. The Morgan fingerprint density at radius 2 is 2.00 bits per heavy atom. The molecule has 1 saturated heterocycles. The lowest BCUT2D eigenvalue weighted by atomic mass is 9.96. The molecule has 0 amide bonds. The van der Waals surface area contributed by atoms with Crippen molar-refractivity contribution < 1.29 is 27.6 Å². The predicted molar refractivity (Wildman–Crippen MR) is 95.8 cm³/mol. The fourth-order valence-corrected chi connectivity index (χ4v) is 3.47. The normalized spacial score (nSPS) is 16.4. The van der Waals surface area contributed by atoms with Crippen molar-refractivity contribution in [3.63, 3.8) is 0 Å². The molecule has 0 aliphatic carbocycles. The first kappa shape index (κ1) is 18.7. The molecule has 2 aromatic carbocycles. The van der Waals surface area contributed by atoms with E-state index in [1.54, 1.807) is 19.2 Å². The summed E-state index contributed by atoms with van der Waals surface area (Å²) >= 11 is 0. The third kappa shape index (κ3) is 3.43. The molecule has 148 valence electrons. The average Bonchev–Trinajstić information content (AvgIpc) is 3.11. The Kier molecular flexibility index (Phi) is 4.72. The van der Waals surface area contributed by atoms with Crippen LogP contribution in [-0.4, -0.2) is 48.4 Å². The van der Waals surface area contributed by atoms with Gasteiger partial charge in [0.2, 0.25) is 0 Å². The summed E-state index contributed by atoms with van der Waals surface area (Å²) in [5.41, 5.74) is 2.93. The van der Waals surface area contributed by atoms with Gasteiger partial charge in [-0.25, -0.2) is 4.63 Å². The highest BCUT2D eigenvalue weighted by Crippen LogP contribution is 2.37. The van der Waals surface area contributed by atoms with Crippen molar-refractivity contribution in [3.05, 3.63) is 42.0 Å². The number of anilines is 1. The molecule has 1 unspecified atom stereocenters. The second-order valence-corrected chi connectivity index (χ2v) is 6.92. The topological polar surface area (TPSA) is 71.6 Å². The number of ether oxygens (including phenoxy) is 1. The Bertz CT molecular complexity index is 983. The number of methoxy groups -OCH3 is 1. The third-order valence-electron chi connectivity index (χ3n) is 4.89. The van der Waals surface area contributed by atoms with Crippen molar-refractivity contribution >= 4 is 16.7 Å². The number of hydrogen-bond donors (Lipinski definition) is 1.